The summed E-state index contributed by atoms with van der Waals surface area (Å²) in [6.45, 7) is 2.34. The van der Waals surface area contributed by atoms with Crippen LogP contribution in [0.4, 0.5) is 15.0 Å². The van der Waals surface area contributed by atoms with Crippen molar-refractivity contribution in [1.82, 2.24) is 30.9 Å². The second-order valence-electron chi connectivity index (χ2n) is 7.15. The van der Waals surface area contributed by atoms with Gasteiger partial charge in [0.05, 0.1) is 12.7 Å². The SMILES string of the molecule is CCNC(=O)Nc1ccc(Cc2ccc(OC)c(-c3cccc(-c4nn[nH]n4)c3)c2F)cn1. The van der Waals surface area contributed by atoms with Crippen LogP contribution in [0.5, 0.6) is 5.75 Å². The number of hydrogen-bond donors (Lipinski definition) is 3. The molecule has 4 aromatic rings. The number of nitrogens with zero attached hydrogens (tertiary/aromatic N) is 4. The van der Waals surface area contributed by atoms with E-state index < -0.39 is 0 Å². The molecule has 0 saturated heterocycles. The van der Waals surface area contributed by atoms with Crippen molar-refractivity contribution in [3.63, 3.8) is 0 Å². The zero-order valence-corrected chi connectivity index (χ0v) is 18.1. The third-order valence-corrected chi connectivity index (χ3v) is 4.96. The van der Waals surface area contributed by atoms with Crippen LogP contribution in [-0.2, 0) is 6.42 Å². The van der Waals surface area contributed by atoms with Crippen molar-refractivity contribution in [2.45, 2.75) is 13.3 Å². The number of hydrogen-bond acceptors (Lipinski definition) is 6. The average Bonchev–Trinajstić information content (AvgIpc) is 3.37. The summed E-state index contributed by atoms with van der Waals surface area (Å²) >= 11 is 0. The van der Waals surface area contributed by atoms with Gasteiger partial charge in [-0.15, -0.1) is 10.2 Å². The van der Waals surface area contributed by atoms with E-state index in [2.05, 4.69) is 36.2 Å². The Morgan fingerprint density at radius 3 is 2.70 bits per heavy atom. The Labute approximate surface area is 189 Å². The quantitative estimate of drug-likeness (QED) is 0.397. The fourth-order valence-corrected chi connectivity index (χ4v) is 3.42. The van der Waals surface area contributed by atoms with Gasteiger partial charge in [0.2, 0.25) is 5.82 Å². The third kappa shape index (κ3) is 4.95. The molecular weight excluding hydrogens is 425 g/mol. The Bertz CT molecular complexity index is 1240. The summed E-state index contributed by atoms with van der Waals surface area (Å²) in [5.74, 6) is 0.865. The minimum atomic E-state index is -0.385. The summed E-state index contributed by atoms with van der Waals surface area (Å²) in [5.41, 5.74) is 2.97. The van der Waals surface area contributed by atoms with E-state index in [1.807, 2.05) is 13.0 Å². The molecule has 2 heterocycles. The fraction of sp³-hybridized carbons (Fsp3) is 0.174. The van der Waals surface area contributed by atoms with Crippen LogP contribution in [0.2, 0.25) is 0 Å². The van der Waals surface area contributed by atoms with Gasteiger partial charge >= 0.3 is 6.03 Å². The van der Waals surface area contributed by atoms with Crippen LogP contribution in [0.25, 0.3) is 22.5 Å². The molecule has 33 heavy (non-hydrogen) atoms. The predicted octanol–water partition coefficient (Wildman–Crippen LogP) is 3.81. The van der Waals surface area contributed by atoms with E-state index in [1.165, 1.54) is 7.11 Å². The van der Waals surface area contributed by atoms with Gasteiger partial charge in [-0.05, 0) is 47.0 Å². The molecule has 0 aliphatic carbocycles. The summed E-state index contributed by atoms with van der Waals surface area (Å²) in [7, 11) is 1.51. The number of carbonyl (C=O) groups excluding carboxylic acids is 1. The molecule has 0 bridgehead atoms. The van der Waals surface area contributed by atoms with E-state index in [9.17, 15) is 4.79 Å². The Kier molecular flexibility index (Phi) is 6.53. The van der Waals surface area contributed by atoms with Crippen molar-refractivity contribution in [2.24, 2.45) is 0 Å². The summed E-state index contributed by atoms with van der Waals surface area (Å²) in [5, 5.41) is 19.2. The standard InChI is InChI=1S/C23H22FN7O2/c1-3-25-23(32)27-19-10-7-14(13-26-19)11-16-8-9-18(33-2)20(21(16)24)15-5-4-6-17(12-15)22-28-30-31-29-22/h4-10,12-13H,3,11H2,1-2H3,(H2,25,26,27,32)(H,28,29,30,31). The molecular formula is C23H22FN7O2. The van der Waals surface area contributed by atoms with Gasteiger partial charge in [-0.3, -0.25) is 5.32 Å². The molecule has 0 atom stereocenters. The van der Waals surface area contributed by atoms with Gasteiger partial charge in [-0.1, -0.05) is 30.3 Å². The second-order valence-corrected chi connectivity index (χ2v) is 7.15. The highest BCUT2D eigenvalue weighted by Gasteiger charge is 2.18. The van der Waals surface area contributed by atoms with Gasteiger partial charge in [-0.2, -0.15) is 5.21 Å². The highest BCUT2D eigenvalue weighted by Crippen LogP contribution is 2.36. The number of aromatic nitrogens is 5. The molecule has 168 valence electrons. The maximum atomic E-state index is 15.7. The molecule has 0 aliphatic rings. The highest BCUT2D eigenvalue weighted by molar-refractivity contribution is 5.88. The smallest absolute Gasteiger partial charge is 0.320 e. The molecule has 0 saturated carbocycles. The van der Waals surface area contributed by atoms with Gasteiger partial charge in [0.25, 0.3) is 0 Å². The van der Waals surface area contributed by atoms with Crippen LogP contribution in [0.3, 0.4) is 0 Å². The lowest BCUT2D eigenvalue weighted by molar-refractivity contribution is 0.252. The first kappa shape index (κ1) is 21.9. The number of urea groups is 1. The number of H-pyrrole nitrogens is 1. The minimum Gasteiger partial charge on any atom is -0.496 e. The van der Waals surface area contributed by atoms with Gasteiger partial charge in [0.15, 0.2) is 0 Å². The van der Waals surface area contributed by atoms with Crippen LogP contribution < -0.4 is 15.4 Å². The molecule has 0 spiro atoms. The molecule has 0 fully saturated rings. The van der Waals surface area contributed by atoms with E-state index in [1.54, 1.807) is 48.7 Å². The molecule has 4 rings (SSSR count). The van der Waals surface area contributed by atoms with E-state index in [0.29, 0.717) is 52.6 Å². The molecule has 0 unspecified atom stereocenters. The molecule has 0 aliphatic heterocycles. The minimum absolute atomic E-state index is 0.321. The monoisotopic (exact) mass is 447 g/mol. The van der Waals surface area contributed by atoms with Crippen molar-refractivity contribution in [3.8, 4) is 28.3 Å². The van der Waals surface area contributed by atoms with E-state index in [-0.39, 0.29) is 11.8 Å². The van der Waals surface area contributed by atoms with E-state index >= 15 is 4.39 Å². The Hall–Kier alpha value is -4.34. The van der Waals surface area contributed by atoms with Crippen molar-refractivity contribution in [1.29, 1.82) is 0 Å². The summed E-state index contributed by atoms with van der Waals surface area (Å²) < 4.78 is 21.1. The lowest BCUT2D eigenvalue weighted by atomic mass is 9.96. The number of anilines is 1. The highest BCUT2D eigenvalue weighted by atomic mass is 19.1. The number of ether oxygens (including phenoxy) is 1. The number of benzene rings is 2. The zero-order chi connectivity index (χ0) is 23.2. The number of pyridine rings is 1. The number of methoxy groups -OCH3 is 1. The van der Waals surface area contributed by atoms with Gasteiger partial charge in [-0.25, -0.2) is 14.2 Å². The molecule has 2 aromatic heterocycles. The van der Waals surface area contributed by atoms with Crippen molar-refractivity contribution >= 4 is 11.8 Å². The maximum absolute atomic E-state index is 15.7. The first-order valence-corrected chi connectivity index (χ1v) is 10.3. The van der Waals surface area contributed by atoms with Gasteiger partial charge in [0.1, 0.15) is 17.4 Å². The summed E-state index contributed by atoms with van der Waals surface area (Å²) in [4.78, 5) is 15.9. The number of amides is 2. The van der Waals surface area contributed by atoms with Crippen LogP contribution >= 0.6 is 0 Å². The summed E-state index contributed by atoms with van der Waals surface area (Å²) in [6, 6.07) is 13.8. The Morgan fingerprint density at radius 1 is 1.15 bits per heavy atom. The number of aromatic amines is 1. The summed E-state index contributed by atoms with van der Waals surface area (Å²) in [6.07, 6.45) is 1.93. The number of halogens is 1. The number of carbonyl (C=O) groups is 1. The van der Waals surface area contributed by atoms with Crippen LogP contribution in [0.1, 0.15) is 18.1 Å². The number of nitrogens with one attached hydrogen (secondary N) is 3. The van der Waals surface area contributed by atoms with Crippen LogP contribution in [0, 0.1) is 5.82 Å². The fourth-order valence-electron chi connectivity index (χ4n) is 3.42. The lowest BCUT2D eigenvalue weighted by Gasteiger charge is -2.14. The number of rotatable bonds is 7. The average molecular weight is 447 g/mol. The van der Waals surface area contributed by atoms with Crippen LogP contribution in [-0.4, -0.2) is 45.3 Å². The second kappa shape index (κ2) is 9.86. The molecule has 3 N–H and O–H groups in total. The normalized spacial score (nSPS) is 10.6. The van der Waals surface area contributed by atoms with Crippen molar-refractivity contribution < 1.29 is 13.9 Å². The van der Waals surface area contributed by atoms with E-state index in [0.717, 1.165) is 5.56 Å². The molecule has 2 amide bonds. The Balaban J connectivity index is 1.62. The largest absolute Gasteiger partial charge is 0.496 e. The van der Waals surface area contributed by atoms with Gasteiger partial charge in [0, 0.05) is 24.7 Å². The third-order valence-electron chi connectivity index (χ3n) is 4.96. The van der Waals surface area contributed by atoms with Crippen molar-refractivity contribution in [3.05, 3.63) is 71.7 Å². The van der Waals surface area contributed by atoms with E-state index in [4.69, 9.17) is 4.74 Å². The topological polar surface area (TPSA) is 118 Å². The molecule has 9 nitrogen and oxygen atoms in total. The Morgan fingerprint density at radius 2 is 2.00 bits per heavy atom. The molecule has 2 aromatic carbocycles. The molecule has 10 heteroatoms. The first-order valence-electron chi connectivity index (χ1n) is 10.3. The first-order chi connectivity index (χ1) is 16.1. The van der Waals surface area contributed by atoms with Gasteiger partial charge < -0.3 is 10.1 Å². The maximum Gasteiger partial charge on any atom is 0.320 e. The predicted molar refractivity (Wildman–Crippen MR) is 121 cm³/mol. The lowest BCUT2D eigenvalue weighted by Crippen LogP contribution is -2.28. The zero-order valence-electron chi connectivity index (χ0n) is 18.1. The van der Waals surface area contributed by atoms with Crippen LogP contribution in [0.15, 0.2) is 54.7 Å². The number of tetrazole rings is 1. The molecule has 0 radical (unpaired) electrons. The van der Waals surface area contributed by atoms with Crippen molar-refractivity contribution in [2.75, 3.05) is 19.0 Å².